The molecule has 0 radical (unpaired) electrons. The Bertz CT molecular complexity index is 1060. The van der Waals surface area contributed by atoms with Gasteiger partial charge in [-0.2, -0.15) is 5.26 Å². The predicted molar refractivity (Wildman–Crippen MR) is 94.8 cm³/mol. The first-order valence-electron chi connectivity index (χ1n) is 7.61. The standard InChI is InChI=1S/C20H12FNO2S/c21-20-16(24)6-3-12-9-15(11-1-4-13(23)5-2-11)19(18(12)20)14-7-8-25-17(14)10-22/h1-8,23-24H,9H2. The van der Waals surface area contributed by atoms with Crippen LogP contribution in [-0.4, -0.2) is 10.2 Å². The number of nitrogens with zero attached hydrogens (tertiary/aromatic N) is 1. The third-order valence-corrected chi connectivity index (χ3v) is 5.20. The molecular weight excluding hydrogens is 337 g/mol. The van der Waals surface area contributed by atoms with Gasteiger partial charge in [0.25, 0.3) is 0 Å². The van der Waals surface area contributed by atoms with Crippen LogP contribution < -0.4 is 0 Å². The molecule has 0 saturated carbocycles. The second-order valence-corrected chi connectivity index (χ2v) is 6.70. The first kappa shape index (κ1) is 15.4. The van der Waals surface area contributed by atoms with Gasteiger partial charge in [-0.25, -0.2) is 4.39 Å². The molecule has 0 bridgehead atoms. The van der Waals surface area contributed by atoms with Crippen LogP contribution in [0.15, 0.2) is 47.8 Å². The molecule has 25 heavy (non-hydrogen) atoms. The van der Waals surface area contributed by atoms with Crippen molar-refractivity contribution in [3.63, 3.8) is 0 Å². The van der Waals surface area contributed by atoms with Gasteiger partial charge in [-0.1, -0.05) is 18.2 Å². The van der Waals surface area contributed by atoms with Gasteiger partial charge in [0.2, 0.25) is 0 Å². The van der Waals surface area contributed by atoms with Crippen LogP contribution in [0.1, 0.15) is 27.1 Å². The molecule has 1 aliphatic carbocycles. The summed E-state index contributed by atoms with van der Waals surface area (Å²) in [7, 11) is 0. The zero-order chi connectivity index (χ0) is 17.6. The lowest BCUT2D eigenvalue weighted by molar-refractivity contribution is 0.431. The number of aromatic hydroxyl groups is 2. The van der Waals surface area contributed by atoms with Crippen LogP contribution in [0, 0.1) is 17.1 Å². The minimum atomic E-state index is -0.670. The Morgan fingerprint density at radius 1 is 1.04 bits per heavy atom. The minimum absolute atomic E-state index is 0.151. The van der Waals surface area contributed by atoms with Crippen molar-refractivity contribution in [2.24, 2.45) is 0 Å². The molecule has 0 amide bonds. The Kier molecular flexibility index (Phi) is 3.56. The molecule has 0 spiro atoms. The lowest BCUT2D eigenvalue weighted by Crippen LogP contribution is -1.94. The van der Waals surface area contributed by atoms with Crippen molar-refractivity contribution in [2.45, 2.75) is 6.42 Å². The van der Waals surface area contributed by atoms with Gasteiger partial charge in [-0.3, -0.25) is 0 Å². The molecule has 0 unspecified atom stereocenters. The molecule has 1 aliphatic rings. The Labute approximate surface area is 147 Å². The van der Waals surface area contributed by atoms with Crippen molar-refractivity contribution < 1.29 is 14.6 Å². The van der Waals surface area contributed by atoms with Gasteiger partial charge in [-0.15, -0.1) is 11.3 Å². The number of allylic oxidation sites excluding steroid dienone is 1. The molecule has 2 N–H and O–H groups in total. The maximum absolute atomic E-state index is 14.7. The molecule has 0 aliphatic heterocycles. The van der Waals surface area contributed by atoms with Gasteiger partial charge < -0.3 is 10.2 Å². The van der Waals surface area contributed by atoms with E-state index in [1.54, 1.807) is 41.8 Å². The summed E-state index contributed by atoms with van der Waals surface area (Å²) in [5.41, 5.74) is 4.12. The number of thiophene rings is 1. The number of hydrogen-bond acceptors (Lipinski definition) is 4. The van der Waals surface area contributed by atoms with E-state index in [2.05, 4.69) is 6.07 Å². The summed E-state index contributed by atoms with van der Waals surface area (Å²) in [6, 6.07) is 13.7. The number of fused-ring (bicyclic) bond motifs is 1. The number of hydrogen-bond donors (Lipinski definition) is 2. The summed E-state index contributed by atoms with van der Waals surface area (Å²) < 4.78 is 14.7. The number of phenols is 2. The fourth-order valence-corrected chi connectivity index (χ4v) is 3.94. The van der Waals surface area contributed by atoms with Crippen molar-refractivity contribution >= 4 is 22.5 Å². The molecule has 1 aromatic heterocycles. The van der Waals surface area contributed by atoms with Crippen LogP contribution in [0.25, 0.3) is 11.1 Å². The number of benzene rings is 2. The van der Waals surface area contributed by atoms with Crippen LogP contribution in [0.2, 0.25) is 0 Å². The maximum Gasteiger partial charge on any atom is 0.172 e. The van der Waals surface area contributed by atoms with Crippen LogP contribution in [0.5, 0.6) is 11.5 Å². The molecule has 2 aromatic carbocycles. The smallest absolute Gasteiger partial charge is 0.172 e. The van der Waals surface area contributed by atoms with Gasteiger partial charge >= 0.3 is 0 Å². The van der Waals surface area contributed by atoms with E-state index in [0.717, 1.165) is 16.7 Å². The van der Waals surface area contributed by atoms with Gasteiger partial charge in [0, 0.05) is 11.1 Å². The largest absolute Gasteiger partial charge is 0.508 e. The van der Waals surface area contributed by atoms with E-state index < -0.39 is 11.6 Å². The average Bonchev–Trinajstić information content (AvgIpc) is 3.22. The van der Waals surface area contributed by atoms with E-state index in [-0.39, 0.29) is 5.75 Å². The number of nitriles is 1. The Morgan fingerprint density at radius 3 is 2.52 bits per heavy atom. The monoisotopic (exact) mass is 349 g/mol. The quantitative estimate of drug-likeness (QED) is 0.706. The molecule has 1 heterocycles. The second kappa shape index (κ2) is 5.76. The van der Waals surface area contributed by atoms with Gasteiger partial charge in [0.1, 0.15) is 16.7 Å². The third kappa shape index (κ3) is 2.39. The first-order chi connectivity index (χ1) is 12.1. The van der Waals surface area contributed by atoms with Crippen molar-refractivity contribution in [2.75, 3.05) is 0 Å². The van der Waals surface area contributed by atoms with Crippen LogP contribution in [0.4, 0.5) is 4.39 Å². The fourth-order valence-electron chi connectivity index (χ4n) is 3.25. The van der Waals surface area contributed by atoms with E-state index in [1.165, 1.54) is 17.4 Å². The second-order valence-electron chi connectivity index (χ2n) is 5.79. The SMILES string of the molecule is N#Cc1sccc1C1=C(c2ccc(O)cc2)Cc2ccc(O)c(F)c21. The van der Waals surface area contributed by atoms with E-state index >= 15 is 0 Å². The summed E-state index contributed by atoms with van der Waals surface area (Å²) in [6.07, 6.45) is 0.493. The van der Waals surface area contributed by atoms with Gasteiger partial charge in [0.05, 0.1) is 0 Å². The number of halogens is 1. The van der Waals surface area contributed by atoms with Crippen LogP contribution in [0.3, 0.4) is 0 Å². The lowest BCUT2D eigenvalue weighted by Gasteiger charge is -2.10. The highest BCUT2D eigenvalue weighted by Gasteiger charge is 2.30. The molecule has 3 aromatic rings. The summed E-state index contributed by atoms with van der Waals surface area (Å²) in [6.45, 7) is 0. The Morgan fingerprint density at radius 2 is 1.80 bits per heavy atom. The molecule has 0 fully saturated rings. The molecule has 122 valence electrons. The highest BCUT2D eigenvalue weighted by Crippen LogP contribution is 2.46. The summed E-state index contributed by atoms with van der Waals surface area (Å²) >= 11 is 1.30. The summed E-state index contributed by atoms with van der Waals surface area (Å²) in [4.78, 5) is 0.502. The molecule has 3 nitrogen and oxygen atoms in total. The van der Waals surface area contributed by atoms with E-state index in [0.29, 0.717) is 28.0 Å². The zero-order valence-corrected chi connectivity index (χ0v) is 13.8. The van der Waals surface area contributed by atoms with Crippen LogP contribution in [-0.2, 0) is 6.42 Å². The Hall–Kier alpha value is -3.10. The fraction of sp³-hybridized carbons (Fsp3) is 0.0500. The van der Waals surface area contributed by atoms with Crippen LogP contribution >= 0.6 is 11.3 Å². The summed E-state index contributed by atoms with van der Waals surface area (Å²) in [5, 5.41) is 30.6. The third-order valence-electron chi connectivity index (χ3n) is 4.38. The van der Waals surface area contributed by atoms with E-state index in [4.69, 9.17) is 0 Å². The van der Waals surface area contributed by atoms with E-state index in [1.807, 2.05) is 0 Å². The molecular formula is C20H12FNO2S. The highest BCUT2D eigenvalue weighted by atomic mass is 32.1. The predicted octanol–water partition coefficient (Wildman–Crippen LogP) is 4.69. The molecule has 5 heteroatoms. The maximum atomic E-state index is 14.7. The lowest BCUT2D eigenvalue weighted by atomic mass is 9.94. The van der Waals surface area contributed by atoms with Gasteiger partial charge in [0.15, 0.2) is 11.6 Å². The van der Waals surface area contributed by atoms with E-state index in [9.17, 15) is 19.9 Å². The molecule has 0 saturated heterocycles. The first-order valence-corrected chi connectivity index (χ1v) is 8.49. The summed E-state index contributed by atoms with van der Waals surface area (Å²) in [5.74, 6) is -0.924. The number of phenolic OH excluding ortho intramolecular Hbond substituents is 2. The van der Waals surface area contributed by atoms with Crippen molar-refractivity contribution in [3.8, 4) is 17.6 Å². The topological polar surface area (TPSA) is 64.2 Å². The van der Waals surface area contributed by atoms with Crippen molar-refractivity contribution in [3.05, 3.63) is 80.8 Å². The molecule has 4 rings (SSSR count). The minimum Gasteiger partial charge on any atom is -0.508 e. The van der Waals surface area contributed by atoms with Crippen molar-refractivity contribution in [1.82, 2.24) is 0 Å². The average molecular weight is 349 g/mol. The normalized spacial score (nSPS) is 13.0. The Balaban J connectivity index is 2.04. The highest BCUT2D eigenvalue weighted by molar-refractivity contribution is 7.10. The number of rotatable bonds is 2. The van der Waals surface area contributed by atoms with Crippen molar-refractivity contribution in [1.29, 1.82) is 5.26 Å². The van der Waals surface area contributed by atoms with Gasteiger partial charge in [-0.05, 0) is 58.3 Å². The zero-order valence-electron chi connectivity index (χ0n) is 13.0. The molecule has 0 atom stereocenters.